The third kappa shape index (κ3) is 5.72. The van der Waals surface area contributed by atoms with Crippen molar-refractivity contribution in [1.82, 2.24) is 25.2 Å². The fourth-order valence-electron chi connectivity index (χ4n) is 2.83. The first-order valence-electron chi connectivity index (χ1n) is 9.53. The van der Waals surface area contributed by atoms with E-state index in [1.807, 2.05) is 28.8 Å². The lowest BCUT2D eigenvalue weighted by atomic mass is 10.2. The van der Waals surface area contributed by atoms with Crippen molar-refractivity contribution in [3.05, 3.63) is 87.6 Å². The van der Waals surface area contributed by atoms with E-state index in [-0.39, 0.29) is 11.7 Å². The van der Waals surface area contributed by atoms with Gasteiger partial charge in [-0.2, -0.15) is 5.10 Å². The van der Waals surface area contributed by atoms with Crippen LogP contribution in [-0.4, -0.2) is 37.6 Å². The van der Waals surface area contributed by atoms with Crippen molar-refractivity contribution in [2.24, 2.45) is 5.10 Å². The van der Waals surface area contributed by atoms with Crippen molar-refractivity contribution in [1.29, 1.82) is 0 Å². The van der Waals surface area contributed by atoms with E-state index in [0.29, 0.717) is 31.6 Å². The predicted molar refractivity (Wildman–Crippen MR) is 133 cm³/mol. The minimum atomic E-state index is -0.314. The molecule has 33 heavy (non-hydrogen) atoms. The third-order valence-corrected chi connectivity index (χ3v) is 6.38. The van der Waals surface area contributed by atoms with Crippen LogP contribution in [0, 0.1) is 0 Å². The summed E-state index contributed by atoms with van der Waals surface area (Å²) in [6.07, 6.45) is 4.80. The summed E-state index contributed by atoms with van der Waals surface area (Å²) in [6.45, 7) is 0. The summed E-state index contributed by atoms with van der Waals surface area (Å²) in [5.74, 6) is 0.379. The van der Waals surface area contributed by atoms with Gasteiger partial charge in [0.05, 0.1) is 22.0 Å². The summed E-state index contributed by atoms with van der Waals surface area (Å²) in [5, 5.41) is 14.5. The van der Waals surface area contributed by atoms with E-state index in [0.717, 1.165) is 11.3 Å². The Kier molecular flexibility index (Phi) is 7.61. The van der Waals surface area contributed by atoms with Crippen LogP contribution in [0.3, 0.4) is 0 Å². The zero-order chi connectivity index (χ0) is 23.2. The molecule has 11 heteroatoms. The monoisotopic (exact) mass is 516 g/mol. The van der Waals surface area contributed by atoms with Gasteiger partial charge in [-0.1, -0.05) is 58.7 Å². The van der Waals surface area contributed by atoms with E-state index in [4.69, 9.17) is 34.8 Å². The Labute approximate surface area is 208 Å². The Balaban J connectivity index is 1.50. The number of benzene rings is 2. The lowest BCUT2D eigenvalue weighted by Crippen LogP contribution is -2.20. The molecule has 0 fully saturated rings. The van der Waals surface area contributed by atoms with Gasteiger partial charge in [0.2, 0.25) is 0 Å². The molecule has 166 valence electrons. The van der Waals surface area contributed by atoms with Crippen molar-refractivity contribution in [3.8, 4) is 17.1 Å². The van der Waals surface area contributed by atoms with Crippen LogP contribution >= 0.6 is 46.6 Å². The molecule has 1 amide bonds. The molecule has 0 aliphatic rings. The van der Waals surface area contributed by atoms with Crippen LogP contribution in [0.4, 0.5) is 0 Å². The largest absolute Gasteiger partial charge is 0.272 e. The number of halogens is 3. The molecule has 2 aromatic carbocycles. The van der Waals surface area contributed by atoms with Crippen molar-refractivity contribution >= 4 is 58.7 Å². The molecule has 0 bridgehead atoms. The average Bonchev–Trinajstić information content (AvgIpc) is 3.25. The van der Waals surface area contributed by atoms with Crippen LogP contribution in [0.5, 0.6) is 0 Å². The van der Waals surface area contributed by atoms with Gasteiger partial charge in [-0.15, -0.1) is 10.2 Å². The fourth-order valence-corrected chi connectivity index (χ4v) is 4.06. The molecule has 0 spiro atoms. The molecule has 0 aliphatic carbocycles. The van der Waals surface area contributed by atoms with Crippen LogP contribution in [0.25, 0.3) is 17.1 Å². The summed E-state index contributed by atoms with van der Waals surface area (Å²) >= 11 is 19.4. The van der Waals surface area contributed by atoms with Gasteiger partial charge >= 0.3 is 0 Å². The van der Waals surface area contributed by atoms with E-state index in [1.165, 1.54) is 18.0 Å². The normalized spacial score (nSPS) is 11.1. The second-order valence-electron chi connectivity index (χ2n) is 6.58. The second kappa shape index (κ2) is 10.8. The first kappa shape index (κ1) is 23.3. The third-order valence-electron chi connectivity index (χ3n) is 4.36. The van der Waals surface area contributed by atoms with Crippen LogP contribution in [0.1, 0.15) is 5.56 Å². The number of hydrazone groups is 1. The first-order valence-corrected chi connectivity index (χ1v) is 11.7. The van der Waals surface area contributed by atoms with E-state index in [1.54, 1.807) is 42.7 Å². The first-order chi connectivity index (χ1) is 16.0. The van der Waals surface area contributed by atoms with Gasteiger partial charge < -0.3 is 0 Å². The molecule has 0 saturated heterocycles. The van der Waals surface area contributed by atoms with Crippen LogP contribution in [-0.2, 0) is 4.79 Å². The van der Waals surface area contributed by atoms with Gasteiger partial charge in [0.15, 0.2) is 11.0 Å². The zero-order valence-corrected chi connectivity index (χ0v) is 19.9. The number of nitrogens with one attached hydrogen (secondary N) is 1. The maximum atomic E-state index is 12.3. The summed E-state index contributed by atoms with van der Waals surface area (Å²) in [4.78, 5) is 16.4. The van der Waals surface area contributed by atoms with Crippen molar-refractivity contribution < 1.29 is 4.79 Å². The molecule has 2 aromatic heterocycles. The highest BCUT2D eigenvalue weighted by Gasteiger charge is 2.17. The Morgan fingerprint density at radius 3 is 2.55 bits per heavy atom. The molecule has 4 aromatic rings. The van der Waals surface area contributed by atoms with E-state index >= 15 is 0 Å². The second-order valence-corrected chi connectivity index (χ2v) is 8.74. The number of carbonyl (C=O) groups is 1. The summed E-state index contributed by atoms with van der Waals surface area (Å²) in [5.41, 5.74) is 4.73. The molecular formula is C22H15Cl3N6OS. The van der Waals surface area contributed by atoms with Gasteiger partial charge in [-0.05, 0) is 42.5 Å². The maximum absolute atomic E-state index is 12.3. The number of aromatic nitrogens is 4. The van der Waals surface area contributed by atoms with Crippen LogP contribution in [0.15, 0.2) is 77.2 Å². The van der Waals surface area contributed by atoms with Crippen molar-refractivity contribution in [3.63, 3.8) is 0 Å². The Bertz CT molecular complexity index is 1300. The molecule has 0 unspecified atom stereocenters. The quantitative estimate of drug-likeness (QED) is 0.198. The summed E-state index contributed by atoms with van der Waals surface area (Å²) in [6, 6.07) is 16.1. The number of rotatable bonds is 7. The van der Waals surface area contributed by atoms with Crippen LogP contribution < -0.4 is 5.43 Å². The number of hydrogen-bond acceptors (Lipinski definition) is 6. The minimum Gasteiger partial charge on any atom is -0.272 e. The maximum Gasteiger partial charge on any atom is 0.250 e. The molecule has 1 N–H and O–H groups in total. The highest BCUT2D eigenvalue weighted by molar-refractivity contribution is 7.99. The summed E-state index contributed by atoms with van der Waals surface area (Å²) < 4.78 is 1.86. The molecule has 0 aliphatic heterocycles. The number of hydrogen-bond donors (Lipinski definition) is 1. The Hall–Kier alpha value is -2.91. The summed E-state index contributed by atoms with van der Waals surface area (Å²) in [7, 11) is 0. The molecule has 0 saturated carbocycles. The zero-order valence-electron chi connectivity index (χ0n) is 16.8. The molecule has 4 rings (SSSR count). The number of nitrogens with zero attached hydrogens (tertiary/aromatic N) is 5. The van der Waals surface area contributed by atoms with Gasteiger partial charge in [0.25, 0.3) is 5.91 Å². The molecule has 2 heterocycles. The molecule has 7 nitrogen and oxygen atoms in total. The van der Waals surface area contributed by atoms with Gasteiger partial charge in [0.1, 0.15) is 0 Å². The molecule has 0 atom stereocenters. The van der Waals surface area contributed by atoms with E-state index in [9.17, 15) is 4.79 Å². The van der Waals surface area contributed by atoms with Gasteiger partial charge in [-0.3, -0.25) is 14.3 Å². The fraction of sp³-hybridized carbons (Fsp3) is 0.0455. The highest BCUT2D eigenvalue weighted by Crippen LogP contribution is 2.28. The van der Waals surface area contributed by atoms with E-state index in [2.05, 4.69) is 25.7 Å². The van der Waals surface area contributed by atoms with Crippen molar-refractivity contribution in [2.45, 2.75) is 5.16 Å². The van der Waals surface area contributed by atoms with Gasteiger partial charge in [-0.25, -0.2) is 5.43 Å². The SMILES string of the molecule is O=C(CSc1nnc(-c2ccncc2)n1-c1ccc(Cl)cc1)NN=Cc1cccc(Cl)c1Cl. The Morgan fingerprint density at radius 1 is 1.03 bits per heavy atom. The lowest BCUT2D eigenvalue weighted by Gasteiger charge is -2.10. The lowest BCUT2D eigenvalue weighted by molar-refractivity contribution is -0.118. The number of carbonyl (C=O) groups excluding carboxylic acids is 1. The highest BCUT2D eigenvalue weighted by atomic mass is 35.5. The van der Waals surface area contributed by atoms with Crippen LogP contribution in [0.2, 0.25) is 15.1 Å². The molecular weight excluding hydrogens is 503 g/mol. The van der Waals surface area contributed by atoms with E-state index < -0.39 is 0 Å². The topological polar surface area (TPSA) is 85.1 Å². The minimum absolute atomic E-state index is 0.0721. The number of pyridine rings is 1. The Morgan fingerprint density at radius 2 is 1.79 bits per heavy atom. The number of thioether (sulfide) groups is 1. The van der Waals surface area contributed by atoms with Crippen molar-refractivity contribution in [2.75, 3.05) is 5.75 Å². The van der Waals surface area contributed by atoms with Gasteiger partial charge in [0, 0.05) is 34.2 Å². The standard InChI is InChI=1S/C22H15Cl3N6OS/c23-16-4-6-17(7-5-16)31-21(14-8-10-26-11-9-14)29-30-22(31)33-13-19(32)28-27-12-15-2-1-3-18(24)20(15)25/h1-12H,13H2,(H,28,32). The smallest absolute Gasteiger partial charge is 0.250 e. The number of amides is 1. The molecule has 0 radical (unpaired) electrons. The predicted octanol–water partition coefficient (Wildman–Crippen LogP) is 5.53. The average molecular weight is 518 g/mol.